The standard InChI is InChI=1S/C7H14N2.2ClH/c1-2-6(1)7-5-8-3-4-9-7;;/h6-9H,1-5H2;2*1H/t7-;;/m0../s1. The highest BCUT2D eigenvalue weighted by Gasteiger charge is 2.31. The summed E-state index contributed by atoms with van der Waals surface area (Å²) in [5.74, 6) is 1.01. The summed E-state index contributed by atoms with van der Waals surface area (Å²) in [7, 11) is 0. The van der Waals surface area contributed by atoms with Gasteiger partial charge in [0.2, 0.25) is 0 Å². The Morgan fingerprint density at radius 2 is 1.73 bits per heavy atom. The first kappa shape index (κ1) is 11.5. The molecule has 0 bridgehead atoms. The van der Waals surface area contributed by atoms with E-state index in [9.17, 15) is 0 Å². The number of nitrogens with one attached hydrogen (secondary N) is 2. The lowest BCUT2D eigenvalue weighted by molar-refractivity contribution is 0.385. The summed E-state index contributed by atoms with van der Waals surface area (Å²) in [5.41, 5.74) is 0. The van der Waals surface area contributed by atoms with Gasteiger partial charge in [-0.25, -0.2) is 0 Å². The zero-order chi connectivity index (χ0) is 6.10. The van der Waals surface area contributed by atoms with Gasteiger partial charge in [-0.15, -0.1) is 24.8 Å². The van der Waals surface area contributed by atoms with E-state index in [2.05, 4.69) is 10.6 Å². The van der Waals surface area contributed by atoms with Gasteiger partial charge >= 0.3 is 0 Å². The molecule has 11 heavy (non-hydrogen) atoms. The average Bonchev–Trinajstić information content (AvgIpc) is 2.71. The van der Waals surface area contributed by atoms with Gasteiger partial charge in [0.15, 0.2) is 0 Å². The Morgan fingerprint density at radius 3 is 2.18 bits per heavy atom. The van der Waals surface area contributed by atoms with E-state index in [-0.39, 0.29) is 24.8 Å². The van der Waals surface area contributed by atoms with Crippen LogP contribution in [0.1, 0.15) is 12.8 Å². The Hall–Kier alpha value is 0.500. The second kappa shape index (κ2) is 5.20. The molecule has 2 fully saturated rings. The molecule has 4 heteroatoms. The molecule has 1 atom stereocenters. The fourth-order valence-electron chi connectivity index (χ4n) is 1.51. The molecular weight excluding hydrogens is 183 g/mol. The molecule has 0 aromatic carbocycles. The minimum absolute atomic E-state index is 0. The smallest absolute Gasteiger partial charge is 0.0221 e. The first-order chi connectivity index (χ1) is 4.47. The van der Waals surface area contributed by atoms with Gasteiger partial charge in [0.05, 0.1) is 0 Å². The number of rotatable bonds is 1. The zero-order valence-corrected chi connectivity index (χ0v) is 8.14. The summed E-state index contributed by atoms with van der Waals surface area (Å²) in [6.45, 7) is 3.52. The Bertz CT molecular complexity index is 101. The Labute approximate surface area is 80.3 Å². The molecule has 0 aromatic heterocycles. The van der Waals surface area contributed by atoms with Crippen molar-refractivity contribution in [1.29, 1.82) is 0 Å². The summed E-state index contributed by atoms with van der Waals surface area (Å²) in [6.07, 6.45) is 2.92. The van der Waals surface area contributed by atoms with Gasteiger partial charge in [0.25, 0.3) is 0 Å². The van der Waals surface area contributed by atoms with Gasteiger partial charge in [-0.1, -0.05) is 0 Å². The van der Waals surface area contributed by atoms with E-state index >= 15 is 0 Å². The van der Waals surface area contributed by atoms with Crippen LogP contribution in [0.5, 0.6) is 0 Å². The predicted molar refractivity (Wildman–Crippen MR) is 51.9 cm³/mol. The third-order valence-electron chi connectivity index (χ3n) is 2.26. The highest BCUT2D eigenvalue weighted by atomic mass is 35.5. The van der Waals surface area contributed by atoms with Gasteiger partial charge in [0, 0.05) is 25.7 Å². The van der Waals surface area contributed by atoms with Crippen molar-refractivity contribution in [3.05, 3.63) is 0 Å². The molecule has 68 valence electrons. The number of hydrogen-bond donors (Lipinski definition) is 2. The second-order valence-electron chi connectivity index (χ2n) is 3.10. The molecule has 1 saturated carbocycles. The monoisotopic (exact) mass is 198 g/mol. The quantitative estimate of drug-likeness (QED) is 0.652. The van der Waals surface area contributed by atoms with Crippen LogP contribution >= 0.6 is 24.8 Å². The van der Waals surface area contributed by atoms with Crippen molar-refractivity contribution in [2.45, 2.75) is 18.9 Å². The van der Waals surface area contributed by atoms with Crippen LogP contribution in [0.2, 0.25) is 0 Å². The van der Waals surface area contributed by atoms with Gasteiger partial charge in [0.1, 0.15) is 0 Å². The van der Waals surface area contributed by atoms with Crippen LogP contribution < -0.4 is 10.6 Å². The number of halogens is 2. The molecule has 0 aromatic rings. The van der Waals surface area contributed by atoms with Crippen LogP contribution in [0.3, 0.4) is 0 Å². The van der Waals surface area contributed by atoms with E-state index in [4.69, 9.17) is 0 Å². The predicted octanol–water partition coefficient (Wildman–Crippen LogP) is 0.801. The van der Waals surface area contributed by atoms with Crippen molar-refractivity contribution in [2.24, 2.45) is 5.92 Å². The molecule has 0 unspecified atom stereocenters. The number of piperazine rings is 1. The van der Waals surface area contributed by atoms with Crippen LogP contribution in [0.25, 0.3) is 0 Å². The molecule has 1 saturated heterocycles. The fourth-order valence-corrected chi connectivity index (χ4v) is 1.51. The minimum atomic E-state index is 0. The highest BCUT2D eigenvalue weighted by molar-refractivity contribution is 5.85. The van der Waals surface area contributed by atoms with Crippen LogP contribution in [0.4, 0.5) is 0 Å². The molecule has 1 aliphatic heterocycles. The van der Waals surface area contributed by atoms with Crippen LogP contribution in [-0.4, -0.2) is 25.7 Å². The molecule has 2 aliphatic rings. The molecule has 1 heterocycles. The van der Waals surface area contributed by atoms with Crippen molar-refractivity contribution in [2.75, 3.05) is 19.6 Å². The van der Waals surface area contributed by atoms with Gasteiger partial charge in [-0.2, -0.15) is 0 Å². The SMILES string of the molecule is C1CN[C@H](C2CC2)CN1.Cl.Cl. The highest BCUT2D eigenvalue weighted by Crippen LogP contribution is 2.32. The first-order valence-electron chi connectivity index (χ1n) is 3.91. The lowest BCUT2D eigenvalue weighted by atomic mass is 10.1. The third-order valence-corrected chi connectivity index (χ3v) is 2.26. The maximum Gasteiger partial charge on any atom is 0.0221 e. The summed E-state index contributed by atoms with van der Waals surface area (Å²) < 4.78 is 0. The van der Waals surface area contributed by atoms with E-state index < -0.39 is 0 Å². The Morgan fingerprint density at radius 1 is 1.00 bits per heavy atom. The van der Waals surface area contributed by atoms with Gasteiger partial charge in [-0.3, -0.25) is 0 Å². The lowest BCUT2D eigenvalue weighted by Gasteiger charge is -2.23. The average molecular weight is 199 g/mol. The van der Waals surface area contributed by atoms with Crippen molar-refractivity contribution >= 4 is 24.8 Å². The first-order valence-corrected chi connectivity index (χ1v) is 3.91. The van der Waals surface area contributed by atoms with E-state index in [1.54, 1.807) is 0 Å². The fraction of sp³-hybridized carbons (Fsp3) is 1.00. The normalized spacial score (nSPS) is 30.0. The zero-order valence-electron chi connectivity index (χ0n) is 6.51. The Kier molecular flexibility index (Phi) is 5.44. The molecule has 1 aliphatic carbocycles. The van der Waals surface area contributed by atoms with E-state index in [0.717, 1.165) is 18.5 Å². The van der Waals surface area contributed by atoms with Gasteiger partial charge < -0.3 is 10.6 Å². The molecule has 0 amide bonds. The molecule has 0 radical (unpaired) electrons. The van der Waals surface area contributed by atoms with Gasteiger partial charge in [-0.05, 0) is 18.8 Å². The lowest BCUT2D eigenvalue weighted by Crippen LogP contribution is -2.49. The molecule has 2 rings (SSSR count). The van der Waals surface area contributed by atoms with Crippen molar-refractivity contribution in [3.8, 4) is 0 Å². The third kappa shape index (κ3) is 3.16. The molecule has 0 spiro atoms. The largest absolute Gasteiger partial charge is 0.314 e. The molecule has 2 nitrogen and oxygen atoms in total. The van der Waals surface area contributed by atoms with E-state index in [0.29, 0.717) is 0 Å². The summed E-state index contributed by atoms with van der Waals surface area (Å²) in [5, 5.41) is 6.91. The van der Waals surface area contributed by atoms with Crippen LogP contribution in [0, 0.1) is 5.92 Å². The summed E-state index contributed by atoms with van der Waals surface area (Å²) >= 11 is 0. The maximum atomic E-state index is 3.52. The van der Waals surface area contributed by atoms with Crippen molar-refractivity contribution < 1.29 is 0 Å². The topological polar surface area (TPSA) is 24.1 Å². The van der Waals surface area contributed by atoms with Crippen LogP contribution in [0.15, 0.2) is 0 Å². The summed E-state index contributed by atoms with van der Waals surface area (Å²) in [6, 6.07) is 0.804. The second-order valence-corrected chi connectivity index (χ2v) is 3.10. The number of hydrogen-bond acceptors (Lipinski definition) is 2. The minimum Gasteiger partial charge on any atom is -0.314 e. The van der Waals surface area contributed by atoms with Crippen molar-refractivity contribution in [3.63, 3.8) is 0 Å². The Balaban J connectivity index is 0.000000500. The van der Waals surface area contributed by atoms with E-state index in [1.165, 1.54) is 25.9 Å². The molecular formula is C7H16Cl2N2. The van der Waals surface area contributed by atoms with Crippen LogP contribution in [-0.2, 0) is 0 Å². The van der Waals surface area contributed by atoms with Crippen molar-refractivity contribution in [1.82, 2.24) is 10.6 Å². The summed E-state index contributed by atoms with van der Waals surface area (Å²) in [4.78, 5) is 0. The maximum absolute atomic E-state index is 3.52. The molecule has 2 N–H and O–H groups in total. The van der Waals surface area contributed by atoms with E-state index in [1.807, 2.05) is 0 Å².